The van der Waals surface area contributed by atoms with Gasteiger partial charge in [0.15, 0.2) is 5.82 Å². The van der Waals surface area contributed by atoms with Crippen molar-refractivity contribution >= 4 is 34.6 Å². The minimum Gasteiger partial charge on any atom is -0.384 e. The highest BCUT2D eigenvalue weighted by Gasteiger charge is 2.03. The molecule has 5 nitrogen and oxygen atoms in total. The van der Waals surface area contributed by atoms with E-state index in [2.05, 4.69) is 15.3 Å². The molecule has 0 spiro atoms. The quantitative estimate of drug-likeness (QED) is 0.857. The van der Waals surface area contributed by atoms with Crippen LogP contribution in [0.2, 0.25) is 4.34 Å². The number of anilines is 2. The average molecular weight is 299 g/mol. The lowest BCUT2D eigenvalue weighted by Gasteiger charge is -2.07. The van der Waals surface area contributed by atoms with Gasteiger partial charge in [0.25, 0.3) is 0 Å². The van der Waals surface area contributed by atoms with E-state index < -0.39 is 0 Å². The number of ether oxygens (including phenoxy) is 1. The van der Waals surface area contributed by atoms with Crippen LogP contribution < -0.4 is 11.1 Å². The normalized spacial score (nSPS) is 10.6. The molecule has 7 heteroatoms. The van der Waals surface area contributed by atoms with E-state index in [9.17, 15) is 0 Å². The molecular formula is C12H15ClN4OS. The molecule has 2 heterocycles. The van der Waals surface area contributed by atoms with Gasteiger partial charge < -0.3 is 15.8 Å². The van der Waals surface area contributed by atoms with Gasteiger partial charge in [0.05, 0.1) is 4.34 Å². The molecule has 19 heavy (non-hydrogen) atoms. The zero-order chi connectivity index (χ0) is 13.7. The molecular weight excluding hydrogens is 284 g/mol. The van der Waals surface area contributed by atoms with Crippen LogP contribution in [0.25, 0.3) is 0 Å². The summed E-state index contributed by atoms with van der Waals surface area (Å²) in [5.41, 5.74) is 5.71. The lowest BCUT2D eigenvalue weighted by molar-refractivity contribution is 0.178. The van der Waals surface area contributed by atoms with Crippen molar-refractivity contribution in [3.8, 4) is 0 Å². The van der Waals surface area contributed by atoms with Crippen molar-refractivity contribution in [1.29, 1.82) is 0 Å². The fraction of sp³-hybridized carbons (Fsp3) is 0.333. The predicted molar refractivity (Wildman–Crippen MR) is 78.7 cm³/mol. The Kier molecular flexibility index (Phi) is 4.95. The monoisotopic (exact) mass is 298 g/mol. The first-order chi connectivity index (χ1) is 9.17. The summed E-state index contributed by atoms with van der Waals surface area (Å²) < 4.78 is 5.80. The van der Waals surface area contributed by atoms with E-state index in [1.54, 1.807) is 24.5 Å². The van der Waals surface area contributed by atoms with Gasteiger partial charge in [0, 0.05) is 24.6 Å². The van der Waals surface area contributed by atoms with Crippen molar-refractivity contribution in [2.24, 2.45) is 0 Å². The van der Waals surface area contributed by atoms with Crippen molar-refractivity contribution in [3.05, 3.63) is 33.2 Å². The fourth-order valence-corrected chi connectivity index (χ4v) is 2.69. The van der Waals surface area contributed by atoms with Gasteiger partial charge in [-0.2, -0.15) is 0 Å². The number of halogens is 1. The third kappa shape index (κ3) is 4.34. The summed E-state index contributed by atoms with van der Waals surface area (Å²) in [6.45, 7) is 1.11. The molecule has 0 radical (unpaired) electrons. The Bertz CT molecular complexity index is 546. The molecule has 2 rings (SSSR count). The number of rotatable bonds is 6. The van der Waals surface area contributed by atoms with Crippen LogP contribution in [0.1, 0.15) is 10.7 Å². The molecule has 0 amide bonds. The summed E-state index contributed by atoms with van der Waals surface area (Å²) >= 11 is 7.47. The third-order valence-corrected chi connectivity index (χ3v) is 3.66. The maximum absolute atomic E-state index is 5.88. The maximum atomic E-state index is 5.88. The largest absolute Gasteiger partial charge is 0.384 e. The molecule has 3 N–H and O–H groups in total. The van der Waals surface area contributed by atoms with Crippen molar-refractivity contribution in [2.75, 3.05) is 24.7 Å². The van der Waals surface area contributed by atoms with Gasteiger partial charge in [-0.05, 0) is 18.6 Å². The van der Waals surface area contributed by atoms with Crippen molar-refractivity contribution < 1.29 is 4.74 Å². The minimum absolute atomic E-state index is 0.347. The molecule has 0 aliphatic heterocycles. The summed E-state index contributed by atoms with van der Waals surface area (Å²) in [4.78, 5) is 9.62. The summed E-state index contributed by atoms with van der Waals surface area (Å²) in [5, 5.41) is 3.22. The topological polar surface area (TPSA) is 73.1 Å². The van der Waals surface area contributed by atoms with Crippen LogP contribution in [0.3, 0.4) is 0 Å². The second-order valence-corrected chi connectivity index (χ2v) is 5.71. The van der Waals surface area contributed by atoms with Gasteiger partial charge in [-0.3, -0.25) is 0 Å². The van der Waals surface area contributed by atoms with E-state index in [0.717, 1.165) is 17.3 Å². The molecule has 102 valence electrons. The van der Waals surface area contributed by atoms with E-state index in [0.29, 0.717) is 24.1 Å². The summed E-state index contributed by atoms with van der Waals surface area (Å²) in [7, 11) is 1.60. The van der Waals surface area contributed by atoms with Gasteiger partial charge in [-0.15, -0.1) is 11.3 Å². The third-order valence-electron chi connectivity index (χ3n) is 2.37. The van der Waals surface area contributed by atoms with Crippen LogP contribution in [0, 0.1) is 0 Å². The van der Waals surface area contributed by atoms with E-state index in [1.807, 2.05) is 12.1 Å². The first-order valence-corrected chi connectivity index (χ1v) is 6.97. The van der Waals surface area contributed by atoms with Crippen LogP contribution in [-0.2, 0) is 17.8 Å². The number of thiophene rings is 1. The number of aromatic nitrogens is 2. The zero-order valence-electron chi connectivity index (χ0n) is 10.5. The number of methoxy groups -OCH3 is 1. The smallest absolute Gasteiger partial charge is 0.158 e. The van der Waals surface area contributed by atoms with Crippen LogP contribution in [0.4, 0.5) is 11.6 Å². The highest BCUT2D eigenvalue weighted by atomic mass is 35.5. The van der Waals surface area contributed by atoms with E-state index in [1.165, 1.54) is 4.88 Å². The highest BCUT2D eigenvalue weighted by molar-refractivity contribution is 7.16. The number of nitrogen functional groups attached to an aromatic ring is 1. The lowest BCUT2D eigenvalue weighted by Crippen LogP contribution is -2.09. The summed E-state index contributed by atoms with van der Waals surface area (Å²) in [6.07, 6.45) is 0.890. The van der Waals surface area contributed by atoms with Gasteiger partial charge >= 0.3 is 0 Å². The van der Waals surface area contributed by atoms with E-state index in [4.69, 9.17) is 22.1 Å². The van der Waals surface area contributed by atoms with E-state index in [-0.39, 0.29) is 0 Å². The molecule has 2 aromatic heterocycles. The Balaban J connectivity index is 1.91. The van der Waals surface area contributed by atoms with Gasteiger partial charge in [0.1, 0.15) is 18.2 Å². The Morgan fingerprint density at radius 2 is 2.26 bits per heavy atom. The SMILES string of the molecule is COCc1nc(N)cc(NCCc2ccc(Cl)s2)n1. The molecule has 2 aromatic rings. The molecule has 0 aliphatic carbocycles. The molecule has 0 unspecified atom stereocenters. The summed E-state index contributed by atoms with van der Waals surface area (Å²) in [6, 6.07) is 5.64. The Labute approximate surface area is 120 Å². The number of nitrogens with two attached hydrogens (primary N) is 1. The van der Waals surface area contributed by atoms with Crippen LogP contribution in [0.15, 0.2) is 18.2 Å². The molecule has 0 fully saturated rings. The second kappa shape index (κ2) is 6.70. The van der Waals surface area contributed by atoms with Gasteiger partial charge in [-0.25, -0.2) is 9.97 Å². The van der Waals surface area contributed by atoms with Gasteiger partial charge in [0.2, 0.25) is 0 Å². The second-order valence-electron chi connectivity index (χ2n) is 3.91. The van der Waals surface area contributed by atoms with Crippen molar-refractivity contribution in [1.82, 2.24) is 9.97 Å². The van der Waals surface area contributed by atoms with Crippen LogP contribution in [-0.4, -0.2) is 23.6 Å². The van der Waals surface area contributed by atoms with Crippen LogP contribution in [0.5, 0.6) is 0 Å². The fourth-order valence-electron chi connectivity index (χ4n) is 1.60. The first kappa shape index (κ1) is 14.0. The maximum Gasteiger partial charge on any atom is 0.158 e. The number of hydrogen-bond donors (Lipinski definition) is 2. The highest BCUT2D eigenvalue weighted by Crippen LogP contribution is 2.21. The van der Waals surface area contributed by atoms with E-state index >= 15 is 0 Å². The van der Waals surface area contributed by atoms with Crippen molar-refractivity contribution in [3.63, 3.8) is 0 Å². The number of hydrogen-bond acceptors (Lipinski definition) is 6. The Hall–Kier alpha value is -1.37. The zero-order valence-corrected chi connectivity index (χ0v) is 12.1. The molecule has 0 aromatic carbocycles. The molecule has 0 saturated heterocycles. The number of nitrogens with one attached hydrogen (secondary N) is 1. The predicted octanol–water partition coefficient (Wildman–Crippen LogP) is 2.57. The molecule has 0 bridgehead atoms. The average Bonchev–Trinajstić information content (AvgIpc) is 2.75. The Morgan fingerprint density at radius 1 is 1.42 bits per heavy atom. The van der Waals surface area contributed by atoms with Crippen molar-refractivity contribution in [2.45, 2.75) is 13.0 Å². The standard InChI is InChI=1S/C12H15ClN4OS/c1-18-7-12-16-10(14)6-11(17-12)15-5-4-8-2-3-9(13)19-8/h2-3,6H,4-5,7H2,1H3,(H3,14,15,16,17). The molecule has 0 saturated carbocycles. The number of nitrogens with zero attached hydrogens (tertiary/aromatic N) is 2. The lowest BCUT2D eigenvalue weighted by atomic mass is 10.3. The van der Waals surface area contributed by atoms with Gasteiger partial charge in [-0.1, -0.05) is 11.6 Å². The molecule has 0 atom stereocenters. The first-order valence-electron chi connectivity index (χ1n) is 5.78. The summed E-state index contributed by atoms with van der Waals surface area (Å²) in [5.74, 6) is 1.72. The Morgan fingerprint density at radius 3 is 2.95 bits per heavy atom. The molecule has 0 aliphatic rings. The van der Waals surface area contributed by atoms with Crippen LogP contribution >= 0.6 is 22.9 Å². The minimum atomic E-state index is 0.347.